The van der Waals surface area contributed by atoms with Gasteiger partial charge in [-0.05, 0) is 43.4 Å². The maximum atomic E-state index is 3.87. The molecule has 2 saturated carbocycles. The predicted molar refractivity (Wildman–Crippen MR) is 61.4 cm³/mol. The average molecular weight is 195 g/mol. The number of nitrogens with one attached hydrogen (secondary N) is 1. The van der Waals surface area contributed by atoms with Gasteiger partial charge in [0, 0.05) is 12.1 Å². The minimum atomic E-state index is 0.527. The number of rotatable bonds is 3. The fourth-order valence-corrected chi connectivity index (χ4v) is 2.77. The first-order chi connectivity index (χ1) is 6.44. The Balaban J connectivity index is 1.91. The Kier molecular flexibility index (Phi) is 2.42. The highest BCUT2D eigenvalue weighted by atomic mass is 15.0. The zero-order valence-corrected chi connectivity index (χ0v) is 10.2. The normalized spacial score (nSPS) is 35.6. The van der Waals surface area contributed by atoms with Crippen LogP contribution in [0.5, 0.6) is 0 Å². The molecule has 0 heterocycles. The van der Waals surface area contributed by atoms with Gasteiger partial charge in [0.25, 0.3) is 0 Å². The summed E-state index contributed by atoms with van der Waals surface area (Å²) in [6.07, 6.45) is 7.04. The van der Waals surface area contributed by atoms with E-state index in [-0.39, 0.29) is 0 Å². The molecule has 2 fully saturated rings. The molecule has 0 aromatic carbocycles. The fraction of sp³-hybridized carbons (Fsp3) is 1.00. The van der Waals surface area contributed by atoms with Gasteiger partial charge in [-0.25, -0.2) is 0 Å². The molecule has 1 N–H and O–H groups in total. The van der Waals surface area contributed by atoms with Crippen molar-refractivity contribution < 1.29 is 0 Å². The molecule has 2 rings (SSSR count). The molecule has 0 radical (unpaired) electrons. The maximum absolute atomic E-state index is 3.87. The van der Waals surface area contributed by atoms with Gasteiger partial charge in [-0.1, -0.05) is 27.2 Å². The van der Waals surface area contributed by atoms with E-state index in [1.54, 1.807) is 0 Å². The fourth-order valence-electron chi connectivity index (χ4n) is 2.77. The molecule has 1 heteroatoms. The van der Waals surface area contributed by atoms with E-state index >= 15 is 0 Å². The third-order valence-corrected chi connectivity index (χ3v) is 4.79. The first-order valence-corrected chi connectivity index (χ1v) is 6.20. The summed E-state index contributed by atoms with van der Waals surface area (Å²) >= 11 is 0. The molecule has 0 aromatic rings. The number of hydrogen-bond donors (Lipinski definition) is 1. The molecule has 2 atom stereocenters. The Labute approximate surface area is 88.7 Å². The van der Waals surface area contributed by atoms with Crippen molar-refractivity contribution in [1.82, 2.24) is 5.32 Å². The Bertz CT molecular complexity index is 215. The molecule has 0 saturated heterocycles. The van der Waals surface area contributed by atoms with Crippen molar-refractivity contribution in [2.75, 3.05) is 0 Å². The van der Waals surface area contributed by atoms with Crippen LogP contribution in [0.1, 0.15) is 59.8 Å². The van der Waals surface area contributed by atoms with Gasteiger partial charge in [-0.3, -0.25) is 0 Å². The first kappa shape index (κ1) is 10.5. The van der Waals surface area contributed by atoms with Gasteiger partial charge in [0.15, 0.2) is 0 Å². The Morgan fingerprint density at radius 2 is 1.79 bits per heavy atom. The van der Waals surface area contributed by atoms with Gasteiger partial charge >= 0.3 is 0 Å². The van der Waals surface area contributed by atoms with Crippen LogP contribution in [0.15, 0.2) is 0 Å². The summed E-state index contributed by atoms with van der Waals surface area (Å²) in [6, 6.07) is 1.47. The predicted octanol–water partition coefficient (Wildman–Crippen LogP) is 3.34. The van der Waals surface area contributed by atoms with Crippen LogP contribution in [0.4, 0.5) is 0 Å². The van der Waals surface area contributed by atoms with E-state index in [1.807, 2.05) is 0 Å². The topological polar surface area (TPSA) is 12.0 Å². The molecule has 2 aliphatic rings. The smallest absolute Gasteiger partial charge is 0.0121 e. The SMILES string of the molecule is CC(NC1CCCC1(C)C)C1(C)CC1. The molecule has 14 heavy (non-hydrogen) atoms. The van der Waals surface area contributed by atoms with Crippen molar-refractivity contribution >= 4 is 0 Å². The molecule has 82 valence electrons. The van der Waals surface area contributed by atoms with Gasteiger partial charge in [-0.15, -0.1) is 0 Å². The Morgan fingerprint density at radius 3 is 2.21 bits per heavy atom. The summed E-state index contributed by atoms with van der Waals surface area (Å²) in [6.45, 7) is 9.63. The molecule has 0 aliphatic heterocycles. The third kappa shape index (κ3) is 1.84. The van der Waals surface area contributed by atoms with Crippen molar-refractivity contribution in [1.29, 1.82) is 0 Å². The van der Waals surface area contributed by atoms with Crippen molar-refractivity contribution in [3.05, 3.63) is 0 Å². The molecule has 2 unspecified atom stereocenters. The lowest BCUT2D eigenvalue weighted by Gasteiger charge is -2.33. The lowest BCUT2D eigenvalue weighted by molar-refractivity contribution is 0.235. The summed E-state index contributed by atoms with van der Waals surface area (Å²) in [4.78, 5) is 0. The highest BCUT2D eigenvalue weighted by Crippen LogP contribution is 2.49. The second-order valence-electron chi connectivity index (χ2n) is 6.48. The van der Waals surface area contributed by atoms with Gasteiger partial charge in [0.05, 0.1) is 0 Å². The van der Waals surface area contributed by atoms with Crippen molar-refractivity contribution in [2.45, 2.75) is 71.9 Å². The van der Waals surface area contributed by atoms with Crippen LogP contribution in [-0.4, -0.2) is 12.1 Å². The molecule has 0 amide bonds. The van der Waals surface area contributed by atoms with E-state index in [1.165, 1.54) is 32.1 Å². The van der Waals surface area contributed by atoms with Crippen LogP contribution in [0, 0.1) is 10.8 Å². The largest absolute Gasteiger partial charge is 0.310 e. The van der Waals surface area contributed by atoms with Crippen molar-refractivity contribution in [3.8, 4) is 0 Å². The molecule has 0 spiro atoms. The minimum absolute atomic E-state index is 0.527. The highest BCUT2D eigenvalue weighted by molar-refractivity contribution is 5.00. The van der Waals surface area contributed by atoms with Crippen LogP contribution in [0.25, 0.3) is 0 Å². The van der Waals surface area contributed by atoms with E-state index in [4.69, 9.17) is 0 Å². The van der Waals surface area contributed by atoms with E-state index < -0.39 is 0 Å². The van der Waals surface area contributed by atoms with E-state index in [2.05, 4.69) is 33.0 Å². The monoisotopic (exact) mass is 195 g/mol. The average Bonchev–Trinajstić information content (AvgIpc) is 2.75. The lowest BCUT2D eigenvalue weighted by atomic mass is 9.86. The third-order valence-electron chi connectivity index (χ3n) is 4.79. The number of hydrogen-bond acceptors (Lipinski definition) is 1. The second-order valence-corrected chi connectivity index (χ2v) is 6.48. The molecule has 0 aromatic heterocycles. The van der Waals surface area contributed by atoms with Crippen LogP contribution < -0.4 is 5.32 Å². The van der Waals surface area contributed by atoms with Gasteiger partial charge in [0.1, 0.15) is 0 Å². The lowest BCUT2D eigenvalue weighted by Crippen LogP contribution is -2.45. The standard InChI is InChI=1S/C13H25N/c1-10(13(4)8-9-13)14-11-6-5-7-12(11,2)3/h10-11,14H,5-9H2,1-4H3. The zero-order valence-electron chi connectivity index (χ0n) is 10.2. The Morgan fingerprint density at radius 1 is 1.14 bits per heavy atom. The van der Waals surface area contributed by atoms with Gasteiger partial charge in [-0.2, -0.15) is 0 Å². The summed E-state index contributed by atoms with van der Waals surface area (Å²) < 4.78 is 0. The van der Waals surface area contributed by atoms with Crippen molar-refractivity contribution in [3.63, 3.8) is 0 Å². The molecular formula is C13H25N. The first-order valence-electron chi connectivity index (χ1n) is 6.20. The van der Waals surface area contributed by atoms with Crippen LogP contribution >= 0.6 is 0 Å². The van der Waals surface area contributed by atoms with E-state index in [0.29, 0.717) is 16.9 Å². The molecular weight excluding hydrogens is 170 g/mol. The zero-order chi connectivity index (χ0) is 10.4. The summed E-state index contributed by atoms with van der Waals surface area (Å²) in [5, 5.41) is 3.87. The van der Waals surface area contributed by atoms with Gasteiger partial charge < -0.3 is 5.32 Å². The maximum Gasteiger partial charge on any atom is 0.0121 e. The van der Waals surface area contributed by atoms with Crippen LogP contribution in [-0.2, 0) is 0 Å². The second kappa shape index (κ2) is 3.23. The molecule has 0 bridgehead atoms. The van der Waals surface area contributed by atoms with E-state index in [0.717, 1.165) is 6.04 Å². The summed E-state index contributed by atoms with van der Waals surface area (Å²) in [5.41, 5.74) is 1.15. The van der Waals surface area contributed by atoms with E-state index in [9.17, 15) is 0 Å². The van der Waals surface area contributed by atoms with Crippen LogP contribution in [0.2, 0.25) is 0 Å². The highest BCUT2D eigenvalue weighted by Gasteiger charge is 2.45. The summed E-state index contributed by atoms with van der Waals surface area (Å²) in [7, 11) is 0. The molecule has 2 aliphatic carbocycles. The quantitative estimate of drug-likeness (QED) is 0.728. The van der Waals surface area contributed by atoms with Gasteiger partial charge in [0.2, 0.25) is 0 Å². The van der Waals surface area contributed by atoms with Crippen molar-refractivity contribution in [2.24, 2.45) is 10.8 Å². The molecule has 1 nitrogen and oxygen atoms in total. The summed E-state index contributed by atoms with van der Waals surface area (Å²) in [5.74, 6) is 0. The minimum Gasteiger partial charge on any atom is -0.310 e. The van der Waals surface area contributed by atoms with Crippen LogP contribution in [0.3, 0.4) is 0 Å². The Hall–Kier alpha value is -0.0400.